The molecule has 0 aromatic carbocycles. The van der Waals surface area contributed by atoms with E-state index in [1.807, 2.05) is 6.92 Å². The van der Waals surface area contributed by atoms with E-state index in [-0.39, 0.29) is 12.1 Å². The second kappa shape index (κ2) is 2.20. The third kappa shape index (κ3) is 0.973. The molecule has 1 unspecified atom stereocenters. The molecule has 0 aromatic heterocycles. The molecule has 3 heteroatoms. The molecule has 0 bridgehead atoms. The van der Waals surface area contributed by atoms with Gasteiger partial charge in [0.1, 0.15) is 5.76 Å². The summed E-state index contributed by atoms with van der Waals surface area (Å²) in [5.41, 5.74) is 0.862. The maximum absolute atomic E-state index is 10.8. The minimum absolute atomic E-state index is 0.0125. The molecular weight excluding hydrogens is 144 g/mol. The van der Waals surface area contributed by atoms with Crippen molar-refractivity contribution in [1.29, 1.82) is 0 Å². The van der Waals surface area contributed by atoms with Crippen molar-refractivity contribution in [3.05, 3.63) is 23.5 Å². The summed E-state index contributed by atoms with van der Waals surface area (Å²) in [5, 5.41) is 0. The van der Waals surface area contributed by atoms with Gasteiger partial charge < -0.3 is 9.47 Å². The Bertz CT molecular complexity index is 263. The highest BCUT2D eigenvalue weighted by Gasteiger charge is 2.27. The molecule has 11 heavy (non-hydrogen) atoms. The third-order valence-electron chi connectivity index (χ3n) is 1.82. The van der Waals surface area contributed by atoms with Crippen LogP contribution in [0, 0.1) is 0 Å². The lowest BCUT2D eigenvalue weighted by Gasteiger charge is -2.17. The highest BCUT2D eigenvalue weighted by molar-refractivity contribution is 5.88. The second-order valence-corrected chi connectivity index (χ2v) is 2.56. The number of ether oxygens (including phenoxy) is 2. The Morgan fingerprint density at radius 2 is 2.45 bits per heavy atom. The van der Waals surface area contributed by atoms with Crippen molar-refractivity contribution in [3.63, 3.8) is 0 Å². The molecule has 0 fully saturated rings. The zero-order valence-electron chi connectivity index (χ0n) is 6.16. The van der Waals surface area contributed by atoms with Crippen LogP contribution in [-0.2, 0) is 14.3 Å². The summed E-state index contributed by atoms with van der Waals surface area (Å²) >= 11 is 0. The fraction of sp³-hybridized carbons (Fsp3) is 0.375. The fourth-order valence-corrected chi connectivity index (χ4v) is 1.23. The van der Waals surface area contributed by atoms with Gasteiger partial charge in [0.05, 0.1) is 12.7 Å². The van der Waals surface area contributed by atoms with Gasteiger partial charge in [-0.05, 0) is 13.0 Å². The lowest BCUT2D eigenvalue weighted by molar-refractivity contribution is -0.132. The molecule has 0 radical (unpaired) electrons. The molecule has 2 aliphatic rings. The van der Waals surface area contributed by atoms with Gasteiger partial charge in [0.25, 0.3) is 0 Å². The highest BCUT2D eigenvalue weighted by Crippen LogP contribution is 2.27. The Morgan fingerprint density at radius 3 is 3.18 bits per heavy atom. The zero-order valence-corrected chi connectivity index (χ0v) is 6.16. The Kier molecular flexibility index (Phi) is 1.32. The average Bonchev–Trinajstić information content (AvgIpc) is 2.31. The summed E-state index contributed by atoms with van der Waals surface area (Å²) in [5.74, 6) is 0.386. The van der Waals surface area contributed by atoms with Crippen molar-refractivity contribution in [2.45, 2.75) is 13.0 Å². The van der Waals surface area contributed by atoms with Crippen LogP contribution in [0.5, 0.6) is 0 Å². The first-order chi connectivity index (χ1) is 5.27. The molecule has 0 N–H and O–H groups in total. The quantitative estimate of drug-likeness (QED) is 0.481. The van der Waals surface area contributed by atoms with Gasteiger partial charge in [0, 0.05) is 11.6 Å². The van der Waals surface area contributed by atoms with Crippen LogP contribution in [-0.4, -0.2) is 18.7 Å². The Hall–Kier alpha value is -1.09. The minimum atomic E-state index is -0.288. The summed E-state index contributed by atoms with van der Waals surface area (Å²) in [6.45, 7) is 2.43. The largest absolute Gasteiger partial charge is 0.423 e. The Labute approximate surface area is 64.3 Å². The molecular formula is C8H8O3. The lowest BCUT2D eigenvalue weighted by atomic mass is 10.1. The second-order valence-electron chi connectivity index (χ2n) is 2.56. The van der Waals surface area contributed by atoms with Crippen molar-refractivity contribution >= 4 is 5.97 Å². The number of fused-ring (bicyclic) bond motifs is 1. The number of esters is 1. The molecule has 2 heterocycles. The molecule has 0 amide bonds. The molecule has 0 aromatic rings. The van der Waals surface area contributed by atoms with Gasteiger partial charge in [-0.2, -0.15) is 0 Å². The van der Waals surface area contributed by atoms with Crippen molar-refractivity contribution < 1.29 is 14.3 Å². The monoisotopic (exact) mass is 152 g/mol. The van der Waals surface area contributed by atoms with E-state index in [4.69, 9.17) is 9.47 Å². The maximum atomic E-state index is 10.8. The first kappa shape index (κ1) is 6.61. The fourth-order valence-electron chi connectivity index (χ4n) is 1.23. The minimum Gasteiger partial charge on any atom is -0.423 e. The average molecular weight is 152 g/mol. The van der Waals surface area contributed by atoms with Crippen molar-refractivity contribution in [3.8, 4) is 0 Å². The molecule has 1 atom stereocenters. The SMILES string of the molecule is CC1OCC=C2OC(=O)C=C21. The molecule has 58 valence electrons. The molecule has 2 rings (SSSR count). The van der Waals surface area contributed by atoms with Crippen molar-refractivity contribution in [1.82, 2.24) is 0 Å². The number of carbonyl (C=O) groups excluding carboxylic acids is 1. The number of rotatable bonds is 0. The first-order valence-electron chi connectivity index (χ1n) is 3.53. The smallest absolute Gasteiger partial charge is 0.336 e. The molecule has 0 saturated carbocycles. The first-order valence-corrected chi connectivity index (χ1v) is 3.53. The number of carbonyl (C=O) groups is 1. The molecule has 2 aliphatic heterocycles. The van der Waals surface area contributed by atoms with Crippen LogP contribution in [0.15, 0.2) is 23.5 Å². The van der Waals surface area contributed by atoms with Gasteiger partial charge in [-0.15, -0.1) is 0 Å². The molecule has 3 nitrogen and oxygen atoms in total. The van der Waals surface area contributed by atoms with Crippen molar-refractivity contribution in [2.24, 2.45) is 0 Å². The van der Waals surface area contributed by atoms with E-state index in [2.05, 4.69) is 0 Å². The van der Waals surface area contributed by atoms with Crippen LogP contribution in [0.1, 0.15) is 6.92 Å². The number of hydrogen-bond donors (Lipinski definition) is 0. The summed E-state index contributed by atoms with van der Waals surface area (Å²) in [4.78, 5) is 10.8. The van der Waals surface area contributed by atoms with Crippen LogP contribution in [0.2, 0.25) is 0 Å². The maximum Gasteiger partial charge on any atom is 0.336 e. The standard InChI is InChI=1S/C8H8O3/c1-5-6-4-8(9)11-7(6)2-3-10-5/h2,4-5H,3H2,1H3. The van der Waals surface area contributed by atoms with E-state index >= 15 is 0 Å². The van der Waals surface area contributed by atoms with Crippen LogP contribution in [0.4, 0.5) is 0 Å². The molecule has 0 saturated heterocycles. The third-order valence-corrected chi connectivity index (χ3v) is 1.82. The van der Waals surface area contributed by atoms with Gasteiger partial charge in [-0.1, -0.05) is 0 Å². The van der Waals surface area contributed by atoms with Gasteiger partial charge >= 0.3 is 5.97 Å². The Balaban J connectivity index is 2.38. The molecule has 0 spiro atoms. The Morgan fingerprint density at radius 1 is 1.64 bits per heavy atom. The number of hydrogen-bond acceptors (Lipinski definition) is 3. The zero-order chi connectivity index (χ0) is 7.84. The van der Waals surface area contributed by atoms with E-state index in [1.54, 1.807) is 6.08 Å². The summed E-state index contributed by atoms with van der Waals surface area (Å²) < 4.78 is 10.1. The summed E-state index contributed by atoms with van der Waals surface area (Å²) in [6, 6.07) is 0. The van der Waals surface area contributed by atoms with Crippen LogP contribution < -0.4 is 0 Å². The van der Waals surface area contributed by atoms with Crippen LogP contribution in [0.3, 0.4) is 0 Å². The highest BCUT2D eigenvalue weighted by atomic mass is 16.5. The topological polar surface area (TPSA) is 35.5 Å². The molecule has 0 aliphatic carbocycles. The van der Waals surface area contributed by atoms with Crippen LogP contribution >= 0.6 is 0 Å². The van der Waals surface area contributed by atoms with Gasteiger partial charge in [-0.3, -0.25) is 0 Å². The van der Waals surface area contributed by atoms with E-state index in [0.29, 0.717) is 12.4 Å². The predicted molar refractivity (Wildman–Crippen MR) is 37.7 cm³/mol. The predicted octanol–water partition coefficient (Wildman–Crippen LogP) is 0.772. The summed E-state index contributed by atoms with van der Waals surface area (Å²) in [6.07, 6.45) is 3.24. The van der Waals surface area contributed by atoms with Gasteiger partial charge in [-0.25, -0.2) is 4.79 Å². The van der Waals surface area contributed by atoms with E-state index in [1.165, 1.54) is 6.08 Å². The summed E-state index contributed by atoms with van der Waals surface area (Å²) in [7, 11) is 0. The van der Waals surface area contributed by atoms with E-state index < -0.39 is 0 Å². The van der Waals surface area contributed by atoms with Gasteiger partial charge in [0.2, 0.25) is 0 Å². The normalized spacial score (nSPS) is 28.8. The van der Waals surface area contributed by atoms with Gasteiger partial charge in [0.15, 0.2) is 0 Å². The van der Waals surface area contributed by atoms with Crippen molar-refractivity contribution in [2.75, 3.05) is 6.61 Å². The van der Waals surface area contributed by atoms with Crippen LogP contribution in [0.25, 0.3) is 0 Å². The van der Waals surface area contributed by atoms with E-state index in [9.17, 15) is 4.79 Å². The van der Waals surface area contributed by atoms with E-state index in [0.717, 1.165) is 5.57 Å². The lowest BCUT2D eigenvalue weighted by Crippen LogP contribution is -2.16.